The van der Waals surface area contributed by atoms with Crippen LogP contribution in [-0.4, -0.2) is 39.9 Å². The molecule has 1 aromatic heterocycles. The second-order valence-electron chi connectivity index (χ2n) is 9.71. The second-order valence-corrected chi connectivity index (χ2v) is 10.6. The quantitative estimate of drug-likeness (QED) is 0.268. The lowest BCUT2D eigenvalue weighted by Gasteiger charge is -2.30. The monoisotopic (exact) mass is 587 g/mol. The van der Waals surface area contributed by atoms with Gasteiger partial charge in [0.25, 0.3) is 5.91 Å². The van der Waals surface area contributed by atoms with E-state index in [0.717, 1.165) is 28.7 Å². The van der Waals surface area contributed by atoms with Gasteiger partial charge in [-0.1, -0.05) is 63.6 Å². The molecule has 5 rings (SSSR count). The van der Waals surface area contributed by atoms with Crippen molar-refractivity contribution in [2.24, 2.45) is 5.92 Å². The summed E-state index contributed by atoms with van der Waals surface area (Å²) in [5, 5.41) is 10.1. The molecule has 2 amide bonds. The van der Waals surface area contributed by atoms with E-state index in [1.54, 1.807) is 18.2 Å². The summed E-state index contributed by atoms with van der Waals surface area (Å²) in [6, 6.07) is 24.5. The molecule has 1 atom stereocenters. The van der Waals surface area contributed by atoms with Crippen molar-refractivity contribution >= 4 is 33.4 Å². The van der Waals surface area contributed by atoms with Gasteiger partial charge in [-0.05, 0) is 74.8 Å². The van der Waals surface area contributed by atoms with E-state index in [-0.39, 0.29) is 23.8 Å². The first-order chi connectivity index (χ1) is 19.0. The standard InChI is InChI=1S/C30H30BrN5O3/c1-20(21-7-3-2-4-8-21)32-30(38)25-9-5-6-10-26(25)33-29(37)23-15-17-36(18-16-23)19-27-34-28(35-39-27)22-11-13-24(31)14-12-22/h2-14,20,23H,15-19H2,1H3,(H,32,38)(H,33,37). The largest absolute Gasteiger partial charge is 0.345 e. The molecule has 0 aliphatic carbocycles. The average Bonchev–Trinajstić information content (AvgIpc) is 3.43. The number of likely N-dealkylation sites (tertiary alicyclic amines) is 1. The van der Waals surface area contributed by atoms with Crippen molar-refractivity contribution in [2.75, 3.05) is 18.4 Å². The van der Waals surface area contributed by atoms with E-state index in [0.29, 0.717) is 42.4 Å². The smallest absolute Gasteiger partial charge is 0.253 e. The van der Waals surface area contributed by atoms with Crippen LogP contribution in [0.3, 0.4) is 0 Å². The fourth-order valence-electron chi connectivity index (χ4n) is 4.70. The van der Waals surface area contributed by atoms with Gasteiger partial charge in [0.05, 0.1) is 23.8 Å². The van der Waals surface area contributed by atoms with E-state index >= 15 is 0 Å². The van der Waals surface area contributed by atoms with Crippen molar-refractivity contribution in [3.05, 3.63) is 100 Å². The van der Waals surface area contributed by atoms with E-state index in [2.05, 4.69) is 41.6 Å². The number of nitrogens with zero attached hydrogens (tertiary/aromatic N) is 3. The normalized spacial score (nSPS) is 15.0. The van der Waals surface area contributed by atoms with E-state index < -0.39 is 0 Å². The Morgan fingerprint density at radius 3 is 2.44 bits per heavy atom. The maximum Gasteiger partial charge on any atom is 0.253 e. The molecule has 1 unspecified atom stereocenters. The molecule has 1 fully saturated rings. The Morgan fingerprint density at radius 2 is 1.69 bits per heavy atom. The molecule has 1 aliphatic heterocycles. The van der Waals surface area contributed by atoms with E-state index in [9.17, 15) is 9.59 Å². The lowest BCUT2D eigenvalue weighted by molar-refractivity contribution is -0.121. The van der Waals surface area contributed by atoms with Gasteiger partial charge in [0, 0.05) is 16.0 Å². The number of halogens is 1. The Morgan fingerprint density at radius 1 is 1.00 bits per heavy atom. The van der Waals surface area contributed by atoms with Gasteiger partial charge < -0.3 is 15.2 Å². The van der Waals surface area contributed by atoms with Gasteiger partial charge in [-0.25, -0.2) is 0 Å². The number of para-hydroxylation sites is 1. The number of hydrogen-bond acceptors (Lipinski definition) is 6. The van der Waals surface area contributed by atoms with Crippen molar-refractivity contribution in [3.8, 4) is 11.4 Å². The number of nitrogens with one attached hydrogen (secondary N) is 2. The highest BCUT2D eigenvalue weighted by Gasteiger charge is 2.27. The van der Waals surface area contributed by atoms with Crippen LogP contribution in [0.2, 0.25) is 0 Å². The molecule has 4 aromatic rings. The number of benzene rings is 3. The first-order valence-corrected chi connectivity index (χ1v) is 13.8. The third-order valence-corrected chi connectivity index (χ3v) is 7.49. The lowest BCUT2D eigenvalue weighted by atomic mass is 9.95. The van der Waals surface area contributed by atoms with Crippen molar-refractivity contribution in [1.82, 2.24) is 20.4 Å². The predicted octanol–water partition coefficient (Wildman–Crippen LogP) is 5.84. The highest BCUT2D eigenvalue weighted by Crippen LogP contribution is 2.24. The minimum atomic E-state index is -0.223. The van der Waals surface area contributed by atoms with Crippen LogP contribution in [0.15, 0.2) is 87.9 Å². The van der Waals surface area contributed by atoms with Crippen LogP contribution in [0.1, 0.15) is 47.6 Å². The first-order valence-electron chi connectivity index (χ1n) is 13.0. The average molecular weight is 589 g/mol. The van der Waals surface area contributed by atoms with Gasteiger partial charge in [-0.2, -0.15) is 4.98 Å². The van der Waals surface area contributed by atoms with Crippen LogP contribution >= 0.6 is 15.9 Å². The molecule has 0 saturated carbocycles. The summed E-state index contributed by atoms with van der Waals surface area (Å²) < 4.78 is 6.46. The molecular formula is C30H30BrN5O3. The zero-order chi connectivity index (χ0) is 27.2. The minimum Gasteiger partial charge on any atom is -0.345 e. The summed E-state index contributed by atoms with van der Waals surface area (Å²) in [7, 11) is 0. The number of amides is 2. The minimum absolute atomic E-state index is 0.0682. The number of anilines is 1. The molecule has 0 radical (unpaired) electrons. The van der Waals surface area contributed by atoms with Crippen LogP contribution in [0, 0.1) is 5.92 Å². The number of aromatic nitrogens is 2. The number of carbonyl (C=O) groups is 2. The number of hydrogen-bond donors (Lipinski definition) is 2. The lowest BCUT2D eigenvalue weighted by Crippen LogP contribution is -2.38. The molecule has 39 heavy (non-hydrogen) atoms. The maximum absolute atomic E-state index is 13.1. The SMILES string of the molecule is CC(NC(=O)c1ccccc1NC(=O)C1CCN(Cc2nc(-c3ccc(Br)cc3)no2)CC1)c1ccccc1. The van der Waals surface area contributed by atoms with Crippen LogP contribution in [-0.2, 0) is 11.3 Å². The number of carbonyl (C=O) groups excluding carboxylic acids is 2. The Balaban J connectivity index is 1.14. The van der Waals surface area contributed by atoms with Gasteiger partial charge in [-0.15, -0.1) is 0 Å². The highest BCUT2D eigenvalue weighted by atomic mass is 79.9. The van der Waals surface area contributed by atoms with Crippen LogP contribution < -0.4 is 10.6 Å². The molecule has 8 nitrogen and oxygen atoms in total. The van der Waals surface area contributed by atoms with Crippen LogP contribution in [0.25, 0.3) is 11.4 Å². The van der Waals surface area contributed by atoms with Gasteiger partial charge >= 0.3 is 0 Å². The van der Waals surface area contributed by atoms with Crippen molar-refractivity contribution in [1.29, 1.82) is 0 Å². The molecule has 0 spiro atoms. The fourth-order valence-corrected chi connectivity index (χ4v) is 4.97. The summed E-state index contributed by atoms with van der Waals surface area (Å²) in [5.41, 5.74) is 2.88. The molecule has 1 aliphatic rings. The molecule has 3 aromatic carbocycles. The molecular weight excluding hydrogens is 558 g/mol. The van der Waals surface area contributed by atoms with Crippen molar-refractivity contribution in [3.63, 3.8) is 0 Å². The number of rotatable bonds is 8. The second kappa shape index (κ2) is 12.4. The van der Waals surface area contributed by atoms with Gasteiger partial charge in [0.2, 0.25) is 17.6 Å². The molecule has 0 bridgehead atoms. The molecule has 1 saturated heterocycles. The summed E-state index contributed by atoms with van der Waals surface area (Å²) >= 11 is 3.43. The maximum atomic E-state index is 13.1. The molecule has 2 heterocycles. The summed E-state index contributed by atoms with van der Waals surface area (Å²) in [6.07, 6.45) is 1.41. The van der Waals surface area contributed by atoms with Gasteiger partial charge in [0.1, 0.15) is 0 Å². The van der Waals surface area contributed by atoms with E-state index in [1.165, 1.54) is 0 Å². The molecule has 200 valence electrons. The fraction of sp³-hybridized carbons (Fsp3) is 0.267. The molecule has 2 N–H and O–H groups in total. The van der Waals surface area contributed by atoms with E-state index in [4.69, 9.17) is 4.52 Å². The summed E-state index contributed by atoms with van der Waals surface area (Å²) in [6.45, 7) is 3.97. The van der Waals surface area contributed by atoms with Crippen molar-refractivity contribution < 1.29 is 14.1 Å². The van der Waals surface area contributed by atoms with Crippen molar-refractivity contribution in [2.45, 2.75) is 32.4 Å². The molecule has 9 heteroatoms. The van der Waals surface area contributed by atoms with Gasteiger partial charge in [0.15, 0.2) is 0 Å². The van der Waals surface area contributed by atoms with Crippen LogP contribution in [0.4, 0.5) is 5.69 Å². The third kappa shape index (κ3) is 6.79. The first kappa shape index (κ1) is 26.8. The summed E-state index contributed by atoms with van der Waals surface area (Å²) in [5.74, 6) is 0.690. The Kier molecular flexibility index (Phi) is 8.48. The zero-order valence-electron chi connectivity index (χ0n) is 21.6. The van der Waals surface area contributed by atoms with Gasteiger partial charge in [-0.3, -0.25) is 14.5 Å². The van der Waals surface area contributed by atoms with Crippen LogP contribution in [0.5, 0.6) is 0 Å². The number of piperidine rings is 1. The zero-order valence-corrected chi connectivity index (χ0v) is 23.2. The summed E-state index contributed by atoms with van der Waals surface area (Å²) in [4.78, 5) is 32.9. The highest BCUT2D eigenvalue weighted by molar-refractivity contribution is 9.10. The Hall–Kier alpha value is -3.82. The van der Waals surface area contributed by atoms with E-state index in [1.807, 2.05) is 67.6 Å². The Labute approximate surface area is 235 Å². The third-order valence-electron chi connectivity index (χ3n) is 6.96. The topological polar surface area (TPSA) is 100 Å². The Bertz CT molecular complexity index is 1420. The predicted molar refractivity (Wildman–Crippen MR) is 153 cm³/mol.